The van der Waals surface area contributed by atoms with Gasteiger partial charge in [0, 0.05) is 17.4 Å². The minimum absolute atomic E-state index is 0.0857. The molecule has 0 unspecified atom stereocenters. The molecule has 0 radical (unpaired) electrons. The van der Waals surface area contributed by atoms with Crippen LogP contribution in [-0.2, 0) is 4.74 Å². The molecule has 3 aromatic rings. The average molecular weight is 336 g/mol. The number of nitrogen functional groups attached to an aromatic ring is 1. The highest BCUT2D eigenvalue weighted by molar-refractivity contribution is 5.96. The molecular formula is C18H16N4O3. The number of carbonyl (C=O) groups is 1. The molecule has 0 bridgehead atoms. The lowest BCUT2D eigenvalue weighted by molar-refractivity contribution is 0.0593. The Labute approximate surface area is 144 Å². The number of nitrogens with zero attached hydrogens (tertiary/aromatic N) is 3. The van der Waals surface area contributed by atoms with Crippen molar-refractivity contribution < 1.29 is 13.9 Å². The summed E-state index contributed by atoms with van der Waals surface area (Å²) in [6.45, 7) is 3.71. The second-order valence-electron chi connectivity index (χ2n) is 5.49. The van der Waals surface area contributed by atoms with Crippen LogP contribution in [0.2, 0.25) is 0 Å². The average Bonchev–Trinajstić information content (AvgIpc) is 3.14. The van der Waals surface area contributed by atoms with Crippen molar-refractivity contribution in [2.45, 2.75) is 13.8 Å². The van der Waals surface area contributed by atoms with Gasteiger partial charge in [-0.1, -0.05) is 6.07 Å². The Morgan fingerprint density at radius 1 is 1.40 bits per heavy atom. The molecule has 0 saturated heterocycles. The lowest BCUT2D eigenvalue weighted by Crippen LogP contribution is -2.11. The number of ether oxygens (including phenoxy) is 1. The maximum Gasteiger partial charge on any atom is 0.357 e. The number of oxazole rings is 1. The quantitative estimate of drug-likeness (QED) is 0.737. The maximum atomic E-state index is 12.1. The van der Waals surface area contributed by atoms with Crippen molar-refractivity contribution in [1.82, 2.24) is 9.55 Å². The first-order chi connectivity index (χ1) is 12.0. The van der Waals surface area contributed by atoms with E-state index in [1.807, 2.05) is 32.0 Å². The van der Waals surface area contributed by atoms with Gasteiger partial charge in [0.15, 0.2) is 5.69 Å². The molecule has 7 nitrogen and oxygen atoms in total. The Kier molecular flexibility index (Phi) is 4.03. The lowest BCUT2D eigenvalue weighted by atomic mass is 10.2. The van der Waals surface area contributed by atoms with Crippen LogP contribution in [0.25, 0.3) is 17.1 Å². The van der Waals surface area contributed by atoms with Crippen molar-refractivity contribution in [1.29, 1.82) is 5.26 Å². The van der Waals surface area contributed by atoms with E-state index >= 15 is 0 Å². The lowest BCUT2D eigenvalue weighted by Gasteiger charge is -2.09. The van der Waals surface area contributed by atoms with Crippen LogP contribution in [0.4, 0.5) is 5.69 Å². The summed E-state index contributed by atoms with van der Waals surface area (Å²) in [5.74, 6) is 0.608. The summed E-state index contributed by atoms with van der Waals surface area (Å²) >= 11 is 0. The van der Waals surface area contributed by atoms with Gasteiger partial charge < -0.3 is 19.5 Å². The van der Waals surface area contributed by atoms with Gasteiger partial charge in [0.25, 0.3) is 0 Å². The van der Waals surface area contributed by atoms with Crippen molar-refractivity contribution in [2.24, 2.45) is 0 Å². The van der Waals surface area contributed by atoms with Crippen molar-refractivity contribution in [2.75, 3.05) is 12.8 Å². The number of nitriles is 1. The van der Waals surface area contributed by atoms with E-state index in [4.69, 9.17) is 14.9 Å². The van der Waals surface area contributed by atoms with Gasteiger partial charge in [-0.2, -0.15) is 5.26 Å². The summed E-state index contributed by atoms with van der Waals surface area (Å²) in [4.78, 5) is 16.5. The van der Waals surface area contributed by atoms with Crippen LogP contribution in [-0.4, -0.2) is 22.6 Å². The number of nitrogens with two attached hydrogens (primary N) is 1. The third-order valence-corrected chi connectivity index (χ3v) is 3.94. The van der Waals surface area contributed by atoms with E-state index in [1.54, 1.807) is 12.1 Å². The van der Waals surface area contributed by atoms with E-state index < -0.39 is 5.97 Å². The van der Waals surface area contributed by atoms with Gasteiger partial charge in [0.05, 0.1) is 24.1 Å². The minimum Gasteiger partial charge on any atom is -0.464 e. The molecule has 1 aromatic carbocycles. The fourth-order valence-electron chi connectivity index (χ4n) is 2.50. The number of benzene rings is 1. The van der Waals surface area contributed by atoms with E-state index in [2.05, 4.69) is 4.98 Å². The largest absolute Gasteiger partial charge is 0.464 e. The molecule has 126 valence electrons. The molecule has 0 amide bonds. The summed E-state index contributed by atoms with van der Waals surface area (Å²) < 4.78 is 12.0. The molecule has 3 rings (SSSR count). The number of rotatable bonds is 3. The molecule has 2 aromatic heterocycles. The molecular weight excluding hydrogens is 320 g/mol. The number of aromatic nitrogens is 2. The zero-order valence-electron chi connectivity index (χ0n) is 14.0. The highest BCUT2D eigenvalue weighted by Gasteiger charge is 2.22. The summed E-state index contributed by atoms with van der Waals surface area (Å²) in [6.07, 6.45) is 1.51. The molecule has 0 aliphatic carbocycles. The Hall–Kier alpha value is -3.53. The summed E-state index contributed by atoms with van der Waals surface area (Å²) in [5, 5.41) is 9.20. The second kappa shape index (κ2) is 6.17. The normalized spacial score (nSPS) is 10.5. The molecule has 2 N–H and O–H groups in total. The van der Waals surface area contributed by atoms with Crippen molar-refractivity contribution in [3.05, 3.63) is 53.2 Å². The fourth-order valence-corrected chi connectivity index (χ4v) is 2.50. The first-order valence-electron chi connectivity index (χ1n) is 7.50. The van der Waals surface area contributed by atoms with Crippen LogP contribution in [0.1, 0.15) is 27.5 Å². The molecule has 7 heteroatoms. The minimum atomic E-state index is -0.618. The molecule has 0 atom stereocenters. The van der Waals surface area contributed by atoms with Crippen LogP contribution in [0.3, 0.4) is 0 Å². The van der Waals surface area contributed by atoms with Crippen LogP contribution in [0.5, 0.6) is 0 Å². The van der Waals surface area contributed by atoms with Crippen molar-refractivity contribution in [3.8, 4) is 23.2 Å². The molecule has 25 heavy (non-hydrogen) atoms. The number of carbonyl (C=O) groups excluding carboxylic acids is 1. The number of aryl methyl sites for hydroxylation is 2. The molecule has 0 fully saturated rings. The maximum absolute atomic E-state index is 12.1. The number of hydrogen-bond donors (Lipinski definition) is 1. The van der Waals surface area contributed by atoms with E-state index in [1.165, 1.54) is 17.9 Å². The zero-order chi connectivity index (χ0) is 18.1. The standard InChI is InChI=1S/C18H16N4O3/c1-10-11(2)25-17(21-10)12-5-4-6-14(7-12)22-9-13(8-19)15(20)16(22)18(23)24-3/h4-7,9H,20H2,1-3H3. The Morgan fingerprint density at radius 2 is 2.16 bits per heavy atom. The number of esters is 1. The van der Waals surface area contributed by atoms with Crippen molar-refractivity contribution in [3.63, 3.8) is 0 Å². The number of methoxy groups -OCH3 is 1. The smallest absolute Gasteiger partial charge is 0.357 e. The van der Waals surface area contributed by atoms with Gasteiger partial charge in [0.1, 0.15) is 11.8 Å². The van der Waals surface area contributed by atoms with Gasteiger partial charge >= 0.3 is 5.97 Å². The Balaban J connectivity index is 2.16. The highest BCUT2D eigenvalue weighted by Crippen LogP contribution is 2.28. The van der Waals surface area contributed by atoms with Gasteiger partial charge in [-0.3, -0.25) is 0 Å². The van der Waals surface area contributed by atoms with Gasteiger partial charge in [0.2, 0.25) is 5.89 Å². The number of hydrogen-bond acceptors (Lipinski definition) is 6. The van der Waals surface area contributed by atoms with E-state index in [-0.39, 0.29) is 16.9 Å². The third kappa shape index (κ3) is 2.74. The number of anilines is 1. The summed E-state index contributed by atoms with van der Waals surface area (Å²) in [7, 11) is 1.26. The zero-order valence-corrected chi connectivity index (χ0v) is 14.0. The Bertz CT molecular complexity index is 988. The first kappa shape index (κ1) is 16.3. The van der Waals surface area contributed by atoms with Gasteiger partial charge in [-0.05, 0) is 32.0 Å². The molecule has 2 heterocycles. The monoisotopic (exact) mass is 336 g/mol. The predicted molar refractivity (Wildman–Crippen MR) is 91.2 cm³/mol. The van der Waals surface area contributed by atoms with E-state index in [0.717, 1.165) is 17.0 Å². The first-order valence-corrected chi connectivity index (χ1v) is 7.50. The molecule has 0 saturated carbocycles. The van der Waals surface area contributed by atoms with Gasteiger partial charge in [-0.15, -0.1) is 0 Å². The molecule has 0 aliphatic rings. The van der Waals surface area contributed by atoms with E-state index in [0.29, 0.717) is 11.6 Å². The fraction of sp³-hybridized carbons (Fsp3) is 0.167. The van der Waals surface area contributed by atoms with Crippen LogP contribution >= 0.6 is 0 Å². The highest BCUT2D eigenvalue weighted by atomic mass is 16.5. The molecule has 0 spiro atoms. The third-order valence-electron chi connectivity index (χ3n) is 3.94. The van der Waals surface area contributed by atoms with Crippen LogP contribution in [0, 0.1) is 25.2 Å². The summed E-state index contributed by atoms with van der Waals surface area (Å²) in [6, 6.07) is 9.23. The summed E-state index contributed by atoms with van der Waals surface area (Å²) in [5.41, 5.74) is 8.52. The van der Waals surface area contributed by atoms with Crippen LogP contribution in [0.15, 0.2) is 34.9 Å². The van der Waals surface area contributed by atoms with Crippen molar-refractivity contribution >= 4 is 11.7 Å². The van der Waals surface area contributed by atoms with E-state index in [9.17, 15) is 10.1 Å². The molecule has 0 aliphatic heterocycles. The SMILES string of the molecule is COC(=O)c1c(N)c(C#N)cn1-c1cccc(-c2nc(C)c(C)o2)c1. The topological polar surface area (TPSA) is 107 Å². The van der Waals surface area contributed by atoms with Crippen LogP contribution < -0.4 is 5.73 Å². The van der Waals surface area contributed by atoms with Gasteiger partial charge in [-0.25, -0.2) is 9.78 Å². The predicted octanol–water partition coefficient (Wildman–Crippen LogP) is 2.99. The second-order valence-corrected chi connectivity index (χ2v) is 5.49. The Morgan fingerprint density at radius 3 is 2.76 bits per heavy atom.